The Balaban J connectivity index is 2.57. The molecule has 0 unspecified atom stereocenters. The number of pyridine rings is 1. The molecule has 3 heteroatoms. The fourth-order valence-corrected chi connectivity index (χ4v) is 2.01. The first kappa shape index (κ1) is 9.41. The van der Waals surface area contributed by atoms with Gasteiger partial charge in [0.25, 0.3) is 0 Å². The molecule has 0 aromatic carbocycles. The number of aromatic nitrogens is 1. The van der Waals surface area contributed by atoms with Crippen molar-refractivity contribution in [1.82, 2.24) is 4.98 Å². The third-order valence-electron chi connectivity index (χ3n) is 2.46. The Hall–Kier alpha value is -1.15. The maximum atomic E-state index is 10.8. The number of carbonyl (C=O) groups is 1. The first-order chi connectivity index (χ1) is 6.83. The van der Waals surface area contributed by atoms with Gasteiger partial charge in [0, 0.05) is 23.5 Å². The van der Waals surface area contributed by atoms with Crippen LogP contribution >= 0.6 is 11.6 Å². The SMILES string of the molecule is O=CC1=C(Cl)c2cnccc2CCC1. The zero-order valence-corrected chi connectivity index (χ0v) is 8.42. The molecule has 0 fully saturated rings. The van der Waals surface area contributed by atoms with Gasteiger partial charge in [0.2, 0.25) is 0 Å². The average Bonchev–Trinajstić information content (AvgIpc) is 2.39. The minimum Gasteiger partial charge on any atom is -0.298 e. The van der Waals surface area contributed by atoms with E-state index in [-0.39, 0.29) is 0 Å². The maximum Gasteiger partial charge on any atom is 0.147 e. The lowest BCUT2D eigenvalue weighted by molar-refractivity contribution is -0.105. The Bertz CT molecular complexity index is 398. The summed E-state index contributed by atoms with van der Waals surface area (Å²) in [5, 5.41) is 0.570. The molecular weight excluding hydrogens is 198 g/mol. The Morgan fingerprint density at radius 1 is 1.43 bits per heavy atom. The molecule has 0 saturated carbocycles. The lowest BCUT2D eigenvalue weighted by atomic mass is 10.1. The zero-order valence-electron chi connectivity index (χ0n) is 7.66. The maximum absolute atomic E-state index is 10.8. The van der Waals surface area contributed by atoms with Gasteiger partial charge in [0.1, 0.15) is 6.29 Å². The molecule has 0 spiro atoms. The third-order valence-corrected chi connectivity index (χ3v) is 2.91. The molecular formula is C11H10ClNO. The second kappa shape index (κ2) is 3.93. The lowest BCUT2D eigenvalue weighted by Crippen LogP contribution is -1.90. The summed E-state index contributed by atoms with van der Waals surface area (Å²) in [5.74, 6) is 0. The van der Waals surface area contributed by atoms with Crippen LogP contribution in [0.15, 0.2) is 24.0 Å². The van der Waals surface area contributed by atoms with Gasteiger partial charge in [0.15, 0.2) is 0 Å². The van der Waals surface area contributed by atoms with Crippen molar-refractivity contribution in [3.63, 3.8) is 0 Å². The third kappa shape index (κ3) is 1.58. The Morgan fingerprint density at radius 3 is 3.07 bits per heavy atom. The number of aldehydes is 1. The van der Waals surface area contributed by atoms with Gasteiger partial charge in [-0.25, -0.2) is 0 Å². The van der Waals surface area contributed by atoms with Crippen LogP contribution in [0.25, 0.3) is 5.03 Å². The second-order valence-corrected chi connectivity index (χ2v) is 3.72. The number of rotatable bonds is 1. The predicted octanol–water partition coefficient (Wildman–Crippen LogP) is 2.57. The molecule has 2 nitrogen and oxygen atoms in total. The molecule has 72 valence electrons. The second-order valence-electron chi connectivity index (χ2n) is 3.34. The molecule has 0 radical (unpaired) electrons. The first-order valence-electron chi connectivity index (χ1n) is 4.60. The lowest BCUT2D eigenvalue weighted by Gasteiger charge is -2.03. The molecule has 2 rings (SSSR count). The average molecular weight is 208 g/mol. The number of fused-ring (bicyclic) bond motifs is 1. The number of allylic oxidation sites excluding steroid dienone is 1. The van der Waals surface area contributed by atoms with Gasteiger partial charge in [-0.15, -0.1) is 0 Å². The Morgan fingerprint density at radius 2 is 2.29 bits per heavy atom. The standard InChI is InChI=1S/C11H10ClNO/c12-11-9(7-14)3-1-2-8-4-5-13-6-10(8)11/h4-7H,1-3H2. The van der Waals surface area contributed by atoms with E-state index in [2.05, 4.69) is 4.98 Å². The van der Waals surface area contributed by atoms with E-state index in [0.717, 1.165) is 31.1 Å². The topological polar surface area (TPSA) is 30.0 Å². The van der Waals surface area contributed by atoms with Crippen LogP contribution in [0.3, 0.4) is 0 Å². The molecule has 0 amide bonds. The van der Waals surface area contributed by atoms with E-state index in [1.807, 2.05) is 6.07 Å². The van der Waals surface area contributed by atoms with Crippen molar-refractivity contribution in [2.45, 2.75) is 19.3 Å². The molecule has 1 aliphatic rings. The largest absolute Gasteiger partial charge is 0.298 e. The molecule has 1 aromatic rings. The van der Waals surface area contributed by atoms with Crippen molar-refractivity contribution < 1.29 is 4.79 Å². The van der Waals surface area contributed by atoms with Gasteiger partial charge in [-0.3, -0.25) is 9.78 Å². The molecule has 1 heterocycles. The Kier molecular flexibility index (Phi) is 2.64. The summed E-state index contributed by atoms with van der Waals surface area (Å²) in [5.41, 5.74) is 2.79. The molecule has 0 saturated heterocycles. The summed E-state index contributed by atoms with van der Waals surface area (Å²) >= 11 is 6.13. The number of hydrogen-bond acceptors (Lipinski definition) is 2. The molecule has 0 aliphatic heterocycles. The monoisotopic (exact) mass is 207 g/mol. The zero-order chi connectivity index (χ0) is 9.97. The summed E-state index contributed by atoms with van der Waals surface area (Å²) in [6, 6.07) is 1.96. The fraction of sp³-hybridized carbons (Fsp3) is 0.273. The summed E-state index contributed by atoms with van der Waals surface area (Å²) < 4.78 is 0. The van der Waals surface area contributed by atoms with E-state index < -0.39 is 0 Å². The van der Waals surface area contributed by atoms with Crippen molar-refractivity contribution in [2.24, 2.45) is 0 Å². The fourth-order valence-electron chi connectivity index (χ4n) is 1.70. The summed E-state index contributed by atoms with van der Waals surface area (Å²) in [7, 11) is 0. The number of aryl methyl sites for hydroxylation is 1. The van der Waals surface area contributed by atoms with E-state index in [1.54, 1.807) is 12.4 Å². The molecule has 1 aromatic heterocycles. The number of hydrogen-bond donors (Lipinski definition) is 0. The smallest absolute Gasteiger partial charge is 0.147 e. The first-order valence-corrected chi connectivity index (χ1v) is 4.98. The van der Waals surface area contributed by atoms with Crippen LogP contribution in [0.4, 0.5) is 0 Å². The summed E-state index contributed by atoms with van der Waals surface area (Å²) in [4.78, 5) is 14.8. The van der Waals surface area contributed by atoms with E-state index in [1.165, 1.54) is 5.56 Å². The van der Waals surface area contributed by atoms with Gasteiger partial charge >= 0.3 is 0 Å². The van der Waals surface area contributed by atoms with Gasteiger partial charge < -0.3 is 0 Å². The van der Waals surface area contributed by atoms with E-state index in [4.69, 9.17) is 11.6 Å². The minimum atomic E-state index is 0.570. The van der Waals surface area contributed by atoms with Crippen molar-refractivity contribution in [1.29, 1.82) is 0 Å². The highest BCUT2D eigenvalue weighted by molar-refractivity contribution is 6.50. The van der Waals surface area contributed by atoms with Crippen molar-refractivity contribution >= 4 is 22.9 Å². The summed E-state index contributed by atoms with van der Waals surface area (Å²) in [6.07, 6.45) is 7.04. The molecule has 0 atom stereocenters. The highest BCUT2D eigenvalue weighted by Gasteiger charge is 2.14. The van der Waals surface area contributed by atoms with Crippen LogP contribution in [-0.4, -0.2) is 11.3 Å². The van der Waals surface area contributed by atoms with E-state index in [0.29, 0.717) is 10.6 Å². The number of nitrogens with zero attached hydrogens (tertiary/aromatic N) is 1. The Labute approximate surface area is 87.6 Å². The summed E-state index contributed by atoms with van der Waals surface area (Å²) in [6.45, 7) is 0. The van der Waals surface area contributed by atoms with Gasteiger partial charge in [-0.2, -0.15) is 0 Å². The van der Waals surface area contributed by atoms with Crippen LogP contribution in [0.5, 0.6) is 0 Å². The predicted molar refractivity (Wildman–Crippen MR) is 56.0 cm³/mol. The van der Waals surface area contributed by atoms with Gasteiger partial charge in [-0.1, -0.05) is 11.6 Å². The molecule has 0 bridgehead atoms. The molecule has 0 N–H and O–H groups in total. The van der Waals surface area contributed by atoms with Crippen LogP contribution < -0.4 is 0 Å². The molecule has 1 aliphatic carbocycles. The van der Waals surface area contributed by atoms with Crippen molar-refractivity contribution in [2.75, 3.05) is 0 Å². The van der Waals surface area contributed by atoms with Crippen molar-refractivity contribution in [3.8, 4) is 0 Å². The number of carbonyl (C=O) groups excluding carboxylic acids is 1. The highest BCUT2D eigenvalue weighted by atomic mass is 35.5. The molecule has 14 heavy (non-hydrogen) atoms. The van der Waals surface area contributed by atoms with Gasteiger partial charge in [-0.05, 0) is 30.9 Å². The van der Waals surface area contributed by atoms with Crippen LogP contribution in [0, 0.1) is 0 Å². The minimum absolute atomic E-state index is 0.570. The van der Waals surface area contributed by atoms with E-state index in [9.17, 15) is 4.79 Å². The van der Waals surface area contributed by atoms with Crippen LogP contribution in [0.2, 0.25) is 0 Å². The number of halogens is 1. The van der Waals surface area contributed by atoms with Crippen LogP contribution in [-0.2, 0) is 11.2 Å². The van der Waals surface area contributed by atoms with Gasteiger partial charge in [0.05, 0.1) is 5.03 Å². The van der Waals surface area contributed by atoms with Crippen LogP contribution in [0.1, 0.15) is 24.0 Å². The quantitative estimate of drug-likeness (QED) is 0.663. The van der Waals surface area contributed by atoms with Crippen molar-refractivity contribution in [3.05, 3.63) is 35.2 Å². The normalized spacial score (nSPS) is 16.1. The highest BCUT2D eigenvalue weighted by Crippen LogP contribution is 2.31. The van der Waals surface area contributed by atoms with E-state index >= 15 is 0 Å².